The Morgan fingerprint density at radius 1 is 1.00 bits per heavy atom. The summed E-state index contributed by atoms with van der Waals surface area (Å²) in [5, 5.41) is 3.86. The second kappa shape index (κ2) is 7.99. The molecule has 0 aliphatic carbocycles. The zero-order valence-electron chi connectivity index (χ0n) is 14.7. The molecule has 0 aliphatic heterocycles. The van der Waals surface area contributed by atoms with Crippen molar-refractivity contribution < 1.29 is 4.74 Å². The van der Waals surface area contributed by atoms with Crippen LogP contribution >= 0.6 is 22.9 Å². The number of nitrogens with zero attached hydrogens (tertiary/aromatic N) is 1. The molecular weight excluding hydrogens is 376 g/mol. The fourth-order valence-electron chi connectivity index (χ4n) is 3.07. The quantitative estimate of drug-likeness (QED) is 0.443. The molecule has 2 aromatic carbocycles. The summed E-state index contributed by atoms with van der Waals surface area (Å²) in [5.41, 5.74) is 9.63. The normalized spacial score (nSPS) is 11.0. The van der Waals surface area contributed by atoms with E-state index in [0.717, 1.165) is 39.3 Å². The Balaban J connectivity index is 1.42. The van der Waals surface area contributed by atoms with Gasteiger partial charge in [0.05, 0.1) is 0 Å². The number of aryl methyl sites for hydroxylation is 2. The van der Waals surface area contributed by atoms with Crippen LogP contribution in [0.3, 0.4) is 0 Å². The largest absolute Gasteiger partial charge is 0.489 e. The van der Waals surface area contributed by atoms with Gasteiger partial charge in [0.15, 0.2) is 0 Å². The fraction of sp³-hybridized carbons (Fsp3) is 0.136. The lowest BCUT2D eigenvalue weighted by atomic mass is 10.0. The molecule has 2 heterocycles. The van der Waals surface area contributed by atoms with E-state index >= 15 is 0 Å². The van der Waals surface area contributed by atoms with Gasteiger partial charge in [-0.25, -0.2) is 4.98 Å². The zero-order valence-corrected chi connectivity index (χ0v) is 16.3. The number of thiophene rings is 1. The zero-order chi connectivity index (χ0) is 18.6. The summed E-state index contributed by atoms with van der Waals surface area (Å²) in [7, 11) is 0. The number of nitrogens with two attached hydrogens (primary N) is 1. The lowest BCUT2D eigenvalue weighted by molar-refractivity contribution is 0.308. The Hall–Kier alpha value is -2.56. The van der Waals surface area contributed by atoms with E-state index < -0.39 is 0 Å². The number of pyridine rings is 1. The molecule has 136 valence electrons. The number of aromatic nitrogens is 1. The van der Waals surface area contributed by atoms with E-state index in [2.05, 4.69) is 34.6 Å². The maximum atomic E-state index is 6.03. The Bertz CT molecular complexity index is 1060. The molecule has 0 unspecified atom stereocenters. The fourth-order valence-corrected chi connectivity index (χ4v) is 4.15. The van der Waals surface area contributed by atoms with Gasteiger partial charge in [-0.05, 0) is 59.7 Å². The minimum atomic E-state index is 0.483. The van der Waals surface area contributed by atoms with Crippen molar-refractivity contribution in [2.24, 2.45) is 0 Å². The summed E-state index contributed by atoms with van der Waals surface area (Å²) in [6.45, 7) is 0.483. The number of anilines is 1. The molecule has 0 fully saturated rings. The van der Waals surface area contributed by atoms with E-state index in [1.807, 2.05) is 30.3 Å². The number of rotatable bonds is 6. The molecule has 0 aliphatic rings. The van der Waals surface area contributed by atoms with E-state index in [4.69, 9.17) is 22.1 Å². The highest BCUT2D eigenvalue weighted by Crippen LogP contribution is 2.30. The molecule has 4 aromatic rings. The van der Waals surface area contributed by atoms with Crippen LogP contribution in [0.2, 0.25) is 5.02 Å². The van der Waals surface area contributed by atoms with E-state index in [0.29, 0.717) is 12.4 Å². The third-order valence-electron chi connectivity index (χ3n) is 4.50. The van der Waals surface area contributed by atoms with Crippen LogP contribution in [-0.4, -0.2) is 4.98 Å². The van der Waals surface area contributed by atoms with Gasteiger partial charge in [0, 0.05) is 26.9 Å². The third kappa shape index (κ3) is 4.24. The predicted molar refractivity (Wildman–Crippen MR) is 114 cm³/mol. The number of nitrogen functional groups attached to an aromatic ring is 1. The molecule has 0 atom stereocenters. The smallest absolute Gasteiger partial charge is 0.132 e. The second-order valence-corrected chi connectivity index (χ2v) is 7.74. The first-order valence-corrected chi connectivity index (χ1v) is 10.0. The first-order chi connectivity index (χ1) is 13.2. The average Bonchev–Trinajstić information content (AvgIpc) is 3.11. The minimum absolute atomic E-state index is 0.483. The maximum absolute atomic E-state index is 6.03. The van der Waals surface area contributed by atoms with Gasteiger partial charge in [0.2, 0.25) is 0 Å². The van der Waals surface area contributed by atoms with Crippen molar-refractivity contribution in [1.29, 1.82) is 0 Å². The molecule has 27 heavy (non-hydrogen) atoms. The molecule has 2 N–H and O–H groups in total. The van der Waals surface area contributed by atoms with Gasteiger partial charge in [0.1, 0.15) is 18.2 Å². The Morgan fingerprint density at radius 2 is 1.81 bits per heavy atom. The number of benzene rings is 2. The molecule has 0 bridgehead atoms. The molecule has 0 saturated heterocycles. The van der Waals surface area contributed by atoms with Crippen LogP contribution in [0.15, 0.2) is 66.2 Å². The first-order valence-electron chi connectivity index (χ1n) is 8.76. The molecule has 3 nitrogen and oxygen atoms in total. The Kier molecular flexibility index (Phi) is 5.28. The van der Waals surface area contributed by atoms with Gasteiger partial charge in [-0.3, -0.25) is 0 Å². The van der Waals surface area contributed by atoms with Crippen LogP contribution in [0, 0.1) is 0 Å². The van der Waals surface area contributed by atoms with Crippen LogP contribution in [-0.2, 0) is 19.4 Å². The van der Waals surface area contributed by atoms with E-state index in [1.54, 1.807) is 17.5 Å². The Labute approximate surface area is 167 Å². The molecule has 0 saturated carbocycles. The summed E-state index contributed by atoms with van der Waals surface area (Å²) < 4.78 is 7.16. The number of hydrogen-bond acceptors (Lipinski definition) is 4. The van der Waals surface area contributed by atoms with Gasteiger partial charge in [-0.2, -0.15) is 0 Å². The van der Waals surface area contributed by atoms with Gasteiger partial charge in [-0.1, -0.05) is 35.9 Å². The van der Waals surface area contributed by atoms with Crippen molar-refractivity contribution >= 4 is 38.8 Å². The van der Waals surface area contributed by atoms with E-state index in [9.17, 15) is 0 Å². The van der Waals surface area contributed by atoms with Crippen molar-refractivity contribution in [1.82, 2.24) is 4.98 Å². The van der Waals surface area contributed by atoms with Crippen molar-refractivity contribution in [3.63, 3.8) is 0 Å². The van der Waals surface area contributed by atoms with Gasteiger partial charge < -0.3 is 10.5 Å². The molecule has 0 spiro atoms. The molecular formula is C22H19ClN2OS. The van der Waals surface area contributed by atoms with Crippen molar-refractivity contribution in [3.8, 4) is 5.75 Å². The Morgan fingerprint density at radius 3 is 2.67 bits per heavy atom. The first kappa shape index (κ1) is 17.8. The van der Waals surface area contributed by atoms with Crippen LogP contribution < -0.4 is 10.5 Å². The lowest BCUT2D eigenvalue weighted by Crippen LogP contribution is -1.98. The monoisotopic (exact) mass is 394 g/mol. The predicted octanol–water partition coefficient (Wildman–Crippen LogP) is 5.90. The van der Waals surface area contributed by atoms with Crippen LogP contribution in [0.4, 0.5) is 5.82 Å². The minimum Gasteiger partial charge on any atom is -0.489 e. The summed E-state index contributed by atoms with van der Waals surface area (Å²) >= 11 is 7.61. The highest BCUT2D eigenvalue weighted by molar-refractivity contribution is 7.17. The van der Waals surface area contributed by atoms with Crippen molar-refractivity contribution in [2.75, 3.05) is 5.73 Å². The van der Waals surface area contributed by atoms with Gasteiger partial charge in [0.25, 0.3) is 0 Å². The average molecular weight is 395 g/mol. The summed E-state index contributed by atoms with van der Waals surface area (Å²) in [4.78, 5) is 4.19. The number of ether oxygens (including phenoxy) is 1. The summed E-state index contributed by atoms with van der Waals surface area (Å²) in [6.07, 6.45) is 3.66. The molecule has 5 heteroatoms. The van der Waals surface area contributed by atoms with Crippen molar-refractivity contribution in [3.05, 3.63) is 87.9 Å². The van der Waals surface area contributed by atoms with Gasteiger partial charge in [-0.15, -0.1) is 11.3 Å². The SMILES string of the molecule is Nc1nccc2scc(COc3cccc(CCc4ccc(Cl)cc4)c3)c12. The number of halogens is 1. The van der Waals surface area contributed by atoms with Gasteiger partial charge >= 0.3 is 0 Å². The van der Waals surface area contributed by atoms with Crippen LogP contribution in [0.5, 0.6) is 5.75 Å². The van der Waals surface area contributed by atoms with Crippen LogP contribution in [0.25, 0.3) is 10.1 Å². The number of hydrogen-bond donors (Lipinski definition) is 1. The topological polar surface area (TPSA) is 48.1 Å². The summed E-state index contributed by atoms with van der Waals surface area (Å²) in [6, 6.07) is 18.3. The molecule has 0 amide bonds. The number of fused-ring (bicyclic) bond motifs is 1. The second-order valence-electron chi connectivity index (χ2n) is 6.39. The molecule has 4 rings (SSSR count). The van der Waals surface area contributed by atoms with Crippen LogP contribution in [0.1, 0.15) is 16.7 Å². The molecule has 0 radical (unpaired) electrons. The summed E-state index contributed by atoms with van der Waals surface area (Å²) in [5.74, 6) is 1.43. The molecule has 2 aromatic heterocycles. The maximum Gasteiger partial charge on any atom is 0.132 e. The standard InChI is InChI=1S/C22H19ClN2OS/c23-18-8-6-15(7-9-18)4-5-16-2-1-3-19(12-16)26-13-17-14-27-20-10-11-25-22(24)21(17)20/h1-3,6-12,14H,4-5,13H2,(H2,24,25). The lowest BCUT2D eigenvalue weighted by Gasteiger charge is -2.09. The van der Waals surface area contributed by atoms with Crippen molar-refractivity contribution in [2.45, 2.75) is 19.4 Å². The highest BCUT2D eigenvalue weighted by Gasteiger charge is 2.09. The van der Waals surface area contributed by atoms with E-state index in [-0.39, 0.29) is 0 Å². The van der Waals surface area contributed by atoms with E-state index in [1.165, 1.54) is 11.1 Å². The third-order valence-corrected chi connectivity index (χ3v) is 5.75. The highest BCUT2D eigenvalue weighted by atomic mass is 35.5.